The lowest BCUT2D eigenvalue weighted by atomic mass is 10.2. The summed E-state index contributed by atoms with van der Waals surface area (Å²) < 4.78 is 11.5. The fourth-order valence-corrected chi connectivity index (χ4v) is 2.15. The zero-order valence-corrected chi connectivity index (χ0v) is 14.7. The lowest BCUT2D eigenvalue weighted by Gasteiger charge is -2.09. The van der Waals surface area contributed by atoms with Gasteiger partial charge in [-0.2, -0.15) is 5.10 Å². The highest BCUT2D eigenvalue weighted by Crippen LogP contribution is 2.29. The number of hydrazone groups is 1. The molecule has 1 amide bonds. The number of hydrogen-bond donors (Lipinski definition) is 1. The number of carbonyl (C=O) groups excluding carboxylic acids is 1. The van der Waals surface area contributed by atoms with Crippen molar-refractivity contribution in [1.82, 2.24) is 5.43 Å². The average molecular weight is 389 g/mol. The molecule has 24 heavy (non-hydrogen) atoms. The quantitative estimate of drug-likeness (QED) is 0.581. The first kappa shape index (κ1) is 17.7. The average Bonchev–Trinajstić information content (AvgIpc) is 2.61. The van der Waals surface area contributed by atoms with Crippen molar-refractivity contribution in [3.05, 3.63) is 64.6 Å². The molecule has 0 unspecified atom stereocenters. The van der Waals surface area contributed by atoms with Gasteiger partial charge in [-0.3, -0.25) is 4.79 Å². The first-order valence-corrected chi connectivity index (χ1v) is 7.98. The van der Waals surface area contributed by atoms with Gasteiger partial charge >= 0.3 is 0 Å². The number of ether oxygens (including phenoxy) is 2. The Balaban J connectivity index is 1.77. The van der Waals surface area contributed by atoms with E-state index in [-0.39, 0.29) is 12.5 Å². The van der Waals surface area contributed by atoms with Gasteiger partial charge in [-0.1, -0.05) is 52.3 Å². The summed E-state index contributed by atoms with van der Waals surface area (Å²) in [5, 5.41) is 3.83. The van der Waals surface area contributed by atoms with E-state index in [0.717, 1.165) is 10.0 Å². The van der Waals surface area contributed by atoms with Crippen LogP contribution >= 0.6 is 15.9 Å². The maximum absolute atomic E-state index is 11.7. The van der Waals surface area contributed by atoms with Gasteiger partial charge in [0.05, 0.1) is 7.11 Å². The van der Waals surface area contributed by atoms with Crippen molar-refractivity contribution in [2.24, 2.45) is 5.10 Å². The number of methoxy groups -OCH3 is 1. The molecule has 0 radical (unpaired) electrons. The molecular formula is C18H17BrN2O3. The van der Waals surface area contributed by atoms with Crippen LogP contribution in [0.15, 0.2) is 64.2 Å². The molecule has 0 aliphatic rings. The van der Waals surface area contributed by atoms with Crippen molar-refractivity contribution < 1.29 is 14.3 Å². The van der Waals surface area contributed by atoms with Crippen LogP contribution in [0, 0.1) is 0 Å². The minimum atomic E-state index is -0.357. The number of amides is 1. The minimum Gasteiger partial charge on any atom is -0.493 e. The zero-order chi connectivity index (χ0) is 17.2. The van der Waals surface area contributed by atoms with Gasteiger partial charge in [0, 0.05) is 10.7 Å². The highest BCUT2D eigenvalue weighted by Gasteiger charge is 2.07. The molecule has 0 saturated heterocycles. The van der Waals surface area contributed by atoms with Crippen LogP contribution in [-0.2, 0) is 4.79 Å². The van der Waals surface area contributed by atoms with Crippen molar-refractivity contribution in [1.29, 1.82) is 0 Å². The zero-order valence-electron chi connectivity index (χ0n) is 13.1. The lowest BCUT2D eigenvalue weighted by Crippen LogP contribution is -2.24. The smallest absolute Gasteiger partial charge is 0.277 e. The van der Waals surface area contributed by atoms with Gasteiger partial charge < -0.3 is 9.47 Å². The van der Waals surface area contributed by atoms with E-state index in [2.05, 4.69) is 26.5 Å². The molecule has 2 rings (SSSR count). The van der Waals surface area contributed by atoms with Gasteiger partial charge in [-0.15, -0.1) is 0 Å². The van der Waals surface area contributed by atoms with Crippen LogP contribution in [0.2, 0.25) is 0 Å². The third-order valence-corrected chi connectivity index (χ3v) is 3.42. The second kappa shape index (κ2) is 9.52. The Morgan fingerprint density at radius 1 is 1.21 bits per heavy atom. The summed E-state index contributed by atoms with van der Waals surface area (Å²) in [7, 11) is 1.54. The van der Waals surface area contributed by atoms with Gasteiger partial charge in [0.2, 0.25) is 0 Å². The molecule has 0 saturated carbocycles. The predicted octanol–water partition coefficient (Wildman–Crippen LogP) is 3.65. The normalized spacial score (nSPS) is 10.9. The highest BCUT2D eigenvalue weighted by molar-refractivity contribution is 9.10. The summed E-state index contributed by atoms with van der Waals surface area (Å²) in [4.78, 5) is 11.7. The standard InChI is InChI=1S/C18H17BrN2O3/c1-23-17-12-15(19)9-10-16(17)24-13-18(22)21-20-11-5-8-14-6-3-2-4-7-14/h2-12H,13H2,1H3,(H,21,22). The molecule has 5 nitrogen and oxygen atoms in total. The molecule has 2 aromatic carbocycles. The van der Waals surface area contributed by atoms with Crippen LogP contribution in [0.1, 0.15) is 5.56 Å². The second-order valence-corrected chi connectivity index (χ2v) is 5.58. The Kier molecular flexibility index (Phi) is 7.04. The van der Waals surface area contributed by atoms with Crippen LogP contribution in [0.4, 0.5) is 0 Å². The fraction of sp³-hybridized carbons (Fsp3) is 0.111. The van der Waals surface area contributed by atoms with E-state index in [1.807, 2.05) is 42.5 Å². The number of halogens is 1. The first-order chi connectivity index (χ1) is 11.7. The Hall–Kier alpha value is -2.60. The molecule has 0 spiro atoms. The van der Waals surface area contributed by atoms with Crippen molar-refractivity contribution in [3.63, 3.8) is 0 Å². The van der Waals surface area contributed by atoms with E-state index in [0.29, 0.717) is 11.5 Å². The van der Waals surface area contributed by atoms with Gasteiger partial charge in [0.1, 0.15) is 0 Å². The molecule has 0 aromatic heterocycles. The topological polar surface area (TPSA) is 59.9 Å². The Bertz CT molecular complexity index is 730. The molecule has 1 N–H and O–H groups in total. The lowest BCUT2D eigenvalue weighted by molar-refractivity contribution is -0.123. The van der Waals surface area contributed by atoms with E-state index < -0.39 is 0 Å². The molecule has 0 aliphatic heterocycles. The van der Waals surface area contributed by atoms with Crippen LogP contribution in [0.25, 0.3) is 6.08 Å². The molecule has 0 atom stereocenters. The summed E-state index contributed by atoms with van der Waals surface area (Å²) in [6.45, 7) is -0.155. The molecule has 6 heteroatoms. The number of allylic oxidation sites excluding steroid dienone is 1. The molecule has 0 bridgehead atoms. The number of benzene rings is 2. The molecule has 124 valence electrons. The van der Waals surface area contributed by atoms with Crippen LogP contribution in [-0.4, -0.2) is 25.8 Å². The number of hydrogen-bond acceptors (Lipinski definition) is 4. The van der Waals surface area contributed by atoms with Crippen LogP contribution < -0.4 is 14.9 Å². The Morgan fingerprint density at radius 2 is 2.00 bits per heavy atom. The van der Waals surface area contributed by atoms with E-state index in [1.54, 1.807) is 18.2 Å². The van der Waals surface area contributed by atoms with Crippen molar-refractivity contribution >= 4 is 34.1 Å². The summed E-state index contributed by atoms with van der Waals surface area (Å²) in [6.07, 6.45) is 5.14. The SMILES string of the molecule is COc1cc(Br)ccc1OCC(=O)NN=CC=Cc1ccccc1. The van der Waals surface area contributed by atoms with Gasteiger partial charge in [-0.05, 0) is 29.8 Å². The number of nitrogens with one attached hydrogen (secondary N) is 1. The Morgan fingerprint density at radius 3 is 2.75 bits per heavy atom. The third-order valence-electron chi connectivity index (χ3n) is 2.92. The van der Waals surface area contributed by atoms with Gasteiger partial charge in [-0.25, -0.2) is 5.43 Å². The van der Waals surface area contributed by atoms with Crippen LogP contribution in [0.5, 0.6) is 11.5 Å². The summed E-state index contributed by atoms with van der Waals surface area (Å²) in [6, 6.07) is 15.1. The van der Waals surface area contributed by atoms with E-state index in [1.165, 1.54) is 13.3 Å². The Labute approximate surface area is 149 Å². The fourth-order valence-electron chi connectivity index (χ4n) is 1.81. The highest BCUT2D eigenvalue weighted by atomic mass is 79.9. The van der Waals surface area contributed by atoms with Crippen LogP contribution in [0.3, 0.4) is 0 Å². The maximum Gasteiger partial charge on any atom is 0.277 e. The molecule has 0 heterocycles. The molecule has 2 aromatic rings. The largest absolute Gasteiger partial charge is 0.493 e. The molecular weight excluding hydrogens is 372 g/mol. The van der Waals surface area contributed by atoms with Crippen molar-refractivity contribution in [2.45, 2.75) is 0 Å². The molecule has 0 aliphatic carbocycles. The van der Waals surface area contributed by atoms with Gasteiger partial charge in [0.25, 0.3) is 5.91 Å². The third kappa shape index (κ3) is 5.89. The number of carbonyl (C=O) groups is 1. The summed E-state index contributed by atoms with van der Waals surface area (Å²) in [5.41, 5.74) is 3.45. The summed E-state index contributed by atoms with van der Waals surface area (Å²) >= 11 is 3.34. The minimum absolute atomic E-state index is 0.155. The summed E-state index contributed by atoms with van der Waals surface area (Å²) in [5.74, 6) is 0.680. The first-order valence-electron chi connectivity index (χ1n) is 7.19. The second-order valence-electron chi connectivity index (χ2n) is 4.67. The monoisotopic (exact) mass is 388 g/mol. The van der Waals surface area contributed by atoms with Gasteiger partial charge in [0.15, 0.2) is 18.1 Å². The van der Waals surface area contributed by atoms with E-state index >= 15 is 0 Å². The van der Waals surface area contributed by atoms with E-state index in [4.69, 9.17) is 9.47 Å². The van der Waals surface area contributed by atoms with Crippen molar-refractivity contribution in [3.8, 4) is 11.5 Å². The van der Waals surface area contributed by atoms with Crippen molar-refractivity contribution in [2.75, 3.05) is 13.7 Å². The predicted molar refractivity (Wildman–Crippen MR) is 98.3 cm³/mol. The maximum atomic E-state index is 11.7. The number of nitrogens with zero attached hydrogens (tertiary/aromatic N) is 1. The molecule has 0 fully saturated rings. The number of rotatable bonds is 7. The van der Waals surface area contributed by atoms with E-state index in [9.17, 15) is 4.79 Å².